The number of aromatic nitrogens is 3. The summed E-state index contributed by atoms with van der Waals surface area (Å²) in [5, 5.41) is 47.6. The van der Waals surface area contributed by atoms with Crippen LogP contribution in [0.4, 0.5) is 39.0 Å². The van der Waals surface area contributed by atoms with Crippen LogP contribution in [0.1, 0.15) is 15.9 Å². The Hall–Kier alpha value is -6.28. The van der Waals surface area contributed by atoms with E-state index in [1.165, 1.54) is 42.5 Å². The molecule has 1 heterocycles. The highest BCUT2D eigenvalue weighted by Crippen LogP contribution is 2.39. The van der Waals surface area contributed by atoms with Gasteiger partial charge in [0, 0.05) is 22.7 Å². The molecule has 0 saturated heterocycles. The van der Waals surface area contributed by atoms with E-state index in [1.807, 2.05) is 0 Å². The van der Waals surface area contributed by atoms with Crippen LogP contribution in [-0.2, 0) is 43.9 Å². The number of anilines is 5. The van der Waals surface area contributed by atoms with Crippen molar-refractivity contribution in [3.05, 3.63) is 108 Å². The summed E-state index contributed by atoms with van der Waals surface area (Å²) in [6.07, 6.45) is -1.44. The zero-order valence-electron chi connectivity index (χ0n) is 30.9. The number of amidine groups is 1. The molecule has 0 unspecified atom stereocenters. The largest absolute Gasteiger partial charge is 0.504 e. The van der Waals surface area contributed by atoms with E-state index in [1.54, 1.807) is 36.4 Å². The van der Waals surface area contributed by atoms with Gasteiger partial charge >= 0.3 is 22.4 Å². The van der Waals surface area contributed by atoms with Crippen molar-refractivity contribution in [2.45, 2.75) is 9.79 Å². The van der Waals surface area contributed by atoms with Gasteiger partial charge in [0.2, 0.25) is 17.7 Å². The van der Waals surface area contributed by atoms with Gasteiger partial charge in [-0.25, -0.2) is 22.7 Å². The van der Waals surface area contributed by atoms with E-state index in [4.69, 9.17) is 9.81 Å². The molecule has 0 bridgehead atoms. The maximum Gasteiger partial charge on any atom is 0.397 e. The van der Waals surface area contributed by atoms with E-state index in [0.717, 1.165) is 17.0 Å². The molecule has 5 aromatic rings. The number of phenolic OH excluding ortho intramolecular Hbond substituents is 1. The lowest BCUT2D eigenvalue weighted by Crippen LogP contribution is -2.29. The summed E-state index contributed by atoms with van der Waals surface area (Å²) in [7, 11) is -14.1. The number of benzene rings is 4. The van der Waals surface area contributed by atoms with Crippen molar-refractivity contribution >= 4 is 88.8 Å². The number of hydrazone groups is 1. The van der Waals surface area contributed by atoms with Crippen LogP contribution >= 0.6 is 12.0 Å². The van der Waals surface area contributed by atoms with Gasteiger partial charge < -0.3 is 20.4 Å². The number of hydrogen-bond donors (Lipinski definition) is 7. The lowest BCUT2D eigenvalue weighted by molar-refractivity contribution is -0.432. The molecule has 1 aromatic heterocycles. The van der Waals surface area contributed by atoms with Gasteiger partial charge in [0.05, 0.1) is 52.0 Å². The quantitative estimate of drug-likeness (QED) is 0.00808. The second-order valence-electron chi connectivity index (χ2n) is 11.9. The summed E-state index contributed by atoms with van der Waals surface area (Å²) in [4.78, 5) is 23.8. The Morgan fingerprint density at radius 2 is 1.56 bits per heavy atom. The van der Waals surface area contributed by atoms with E-state index < -0.39 is 101 Å². The van der Waals surface area contributed by atoms with Crippen LogP contribution in [0.15, 0.2) is 116 Å². The Bertz CT molecular complexity index is 2810. The maximum atomic E-state index is 15.1. The molecule has 0 atom stereocenters. The number of azo groups is 1. The summed E-state index contributed by atoms with van der Waals surface area (Å²) in [5.74, 6) is -5.18. The van der Waals surface area contributed by atoms with Crippen LogP contribution in [0.5, 0.6) is 5.75 Å². The zero-order chi connectivity index (χ0) is 45.1. The van der Waals surface area contributed by atoms with E-state index in [9.17, 15) is 44.8 Å². The number of para-hydroxylation sites is 1. The molecule has 0 radical (unpaired) electrons. The molecule has 24 nitrogen and oxygen atoms in total. The molecule has 0 aliphatic heterocycles. The first-order chi connectivity index (χ1) is 29.3. The number of aromatic carboxylic acids is 1. The average Bonchev–Trinajstić information content (AvgIpc) is 3.20. The number of nitrogens with zero attached hydrogens (tertiary/aromatic N) is 7. The number of carboxylic acids is 1. The van der Waals surface area contributed by atoms with Crippen LogP contribution in [0.2, 0.25) is 0 Å². The van der Waals surface area contributed by atoms with Gasteiger partial charge in [-0.15, -0.1) is 14.6 Å². The second-order valence-corrected chi connectivity index (χ2v) is 17.5. The van der Waals surface area contributed by atoms with E-state index in [0.29, 0.717) is 12.0 Å². The van der Waals surface area contributed by atoms with Gasteiger partial charge in [0.15, 0.2) is 15.6 Å². The van der Waals surface area contributed by atoms with Crippen molar-refractivity contribution in [3.63, 3.8) is 0 Å². The number of phenols is 1. The minimum Gasteiger partial charge on any atom is -0.504 e. The second kappa shape index (κ2) is 20.5. The Balaban J connectivity index is 1.51. The first-order valence-corrected chi connectivity index (χ1v) is 22.2. The number of sulfone groups is 1. The molecule has 62 heavy (non-hydrogen) atoms. The topological polar surface area (TPSA) is 351 Å². The van der Waals surface area contributed by atoms with E-state index in [2.05, 4.69) is 54.6 Å². The predicted molar refractivity (Wildman–Crippen MR) is 216 cm³/mol. The summed E-state index contributed by atoms with van der Waals surface area (Å²) in [5.41, 5.74) is 1.49. The minimum absolute atomic E-state index is 0.0999. The number of carboxylic acid groups (broad SMARTS) is 1. The van der Waals surface area contributed by atoms with Gasteiger partial charge in [-0.05, 0) is 42.5 Å². The minimum atomic E-state index is -5.06. The highest BCUT2D eigenvalue weighted by Gasteiger charge is 2.23. The molecule has 0 aliphatic rings. The van der Waals surface area contributed by atoms with E-state index >= 15 is 4.39 Å². The summed E-state index contributed by atoms with van der Waals surface area (Å²) >= 11 is 0.525. The van der Waals surface area contributed by atoms with Crippen molar-refractivity contribution in [1.82, 2.24) is 15.0 Å². The summed E-state index contributed by atoms with van der Waals surface area (Å²) in [6.45, 7) is -1.35. The molecule has 4 aromatic carbocycles. The summed E-state index contributed by atoms with van der Waals surface area (Å²) in [6, 6.07) is 20.9. The maximum absolute atomic E-state index is 15.1. The lowest BCUT2D eigenvalue weighted by atomic mass is 10.2. The number of rotatable bonds is 20. The molecule has 0 fully saturated rings. The standard InChI is InChI=1S/C33H30FN9O15S4/c34-31-36-32(38-33(37-31)43(21-9-5-2-6-10-21)13-15-60(48,49)16-14-56-62(53,54)55)35-26-18-23(61(50,51)52)19-27(28(26)44)40-42-29(20-7-3-1-4-8-20)41-39-25-17-22(59-58-57-47)11-12-24(25)30(45)46/h1-12,17-19,39,44,47H,13-16H2,(H,45,46)(H,50,51,52)(H,53,54,55)(H,35,36,37,38)/b41-29-,42-40?. The van der Waals surface area contributed by atoms with Crippen molar-refractivity contribution in [2.24, 2.45) is 15.3 Å². The fourth-order valence-corrected chi connectivity index (χ4v) is 7.28. The third kappa shape index (κ3) is 13.6. The molecular weight excluding hydrogens is 910 g/mol. The van der Waals surface area contributed by atoms with Crippen LogP contribution in [0.25, 0.3) is 0 Å². The van der Waals surface area contributed by atoms with Crippen molar-refractivity contribution in [2.75, 3.05) is 40.3 Å². The van der Waals surface area contributed by atoms with Gasteiger partial charge in [-0.3, -0.25) is 14.5 Å². The van der Waals surface area contributed by atoms with Gasteiger partial charge in [-0.1, -0.05) is 53.6 Å². The van der Waals surface area contributed by atoms with Crippen LogP contribution < -0.4 is 15.6 Å². The van der Waals surface area contributed by atoms with Gasteiger partial charge in [0.1, 0.15) is 5.69 Å². The third-order valence-corrected chi connectivity index (χ3v) is 11.2. The zero-order valence-corrected chi connectivity index (χ0v) is 34.2. The van der Waals surface area contributed by atoms with Gasteiger partial charge in [-0.2, -0.15) is 41.3 Å². The molecule has 0 amide bonds. The number of nitrogens with one attached hydrogen (secondary N) is 2. The Labute approximate surface area is 354 Å². The first-order valence-electron chi connectivity index (χ1n) is 16.8. The monoisotopic (exact) mass is 939 g/mol. The molecular formula is C33H30FN9O15S4. The number of hydrogen-bond acceptors (Lipinski definition) is 21. The molecule has 29 heteroatoms. The molecule has 0 aliphatic carbocycles. The Kier molecular flexibility index (Phi) is 15.5. The molecule has 0 spiro atoms. The predicted octanol–water partition coefficient (Wildman–Crippen LogP) is 4.76. The molecule has 0 saturated carbocycles. The number of aromatic hydroxyl groups is 1. The normalized spacial score (nSPS) is 12.4. The molecule has 5 rings (SSSR count). The molecule has 328 valence electrons. The van der Waals surface area contributed by atoms with Crippen molar-refractivity contribution in [1.29, 1.82) is 0 Å². The van der Waals surface area contributed by atoms with Crippen LogP contribution in [0, 0.1) is 6.08 Å². The number of halogens is 1. The third-order valence-electron chi connectivity index (χ3n) is 7.71. The average molecular weight is 940 g/mol. The van der Waals surface area contributed by atoms with Crippen molar-refractivity contribution in [3.8, 4) is 5.75 Å². The summed E-state index contributed by atoms with van der Waals surface area (Å²) < 4.78 is 114. The highest BCUT2D eigenvalue weighted by atomic mass is 32.3. The number of carbonyl (C=O) groups is 1. The fourth-order valence-electron chi connectivity index (χ4n) is 4.96. The van der Waals surface area contributed by atoms with Crippen LogP contribution in [-0.4, -0.2) is 101 Å². The SMILES string of the molecule is O=C(O)c1ccc(SOOO)cc1N/N=C(\N=Nc1cc(S(=O)(=O)O)cc(Nc2nc(F)nc(N(CCS(=O)(=O)CCOS(=O)(=O)O)c3ccccc3)n2)c1O)c1ccccc1. The van der Waals surface area contributed by atoms with Crippen molar-refractivity contribution < 1.29 is 72.6 Å². The molecule has 7 N–H and O–H groups in total. The Morgan fingerprint density at radius 1 is 0.871 bits per heavy atom. The lowest BCUT2D eigenvalue weighted by Gasteiger charge is -2.23. The van der Waals surface area contributed by atoms with Gasteiger partial charge in [0.25, 0.3) is 10.1 Å². The fraction of sp³-hybridized carbons (Fsp3) is 0.121. The smallest absolute Gasteiger partial charge is 0.397 e. The first kappa shape index (κ1) is 46.8. The Morgan fingerprint density at radius 3 is 2.21 bits per heavy atom. The van der Waals surface area contributed by atoms with E-state index in [-0.39, 0.29) is 33.2 Å². The van der Waals surface area contributed by atoms with Crippen LogP contribution in [0.3, 0.4) is 0 Å². The highest BCUT2D eigenvalue weighted by molar-refractivity contribution is 7.94.